The largest absolute Gasteiger partial charge is 0.492 e. The number of nitrogens with zero attached hydrogens (tertiary/aromatic N) is 1. The molecule has 21 heavy (non-hydrogen) atoms. The van der Waals surface area contributed by atoms with Crippen molar-refractivity contribution in [2.75, 3.05) is 19.7 Å². The lowest BCUT2D eigenvalue weighted by Crippen LogP contribution is -2.46. The molecule has 2 aliphatic heterocycles. The molecular weight excluding hydrogens is 268 g/mol. The molecule has 5 nitrogen and oxygen atoms in total. The standard InChI is InChI=1S/C16H20N2O3/c17-15(19)11-5-7-18(8-6-11)16(20)13-9-12-3-1-2-4-14(12)21-10-13/h1-4,11,13H,5-10H2,(H2,17,19). The summed E-state index contributed by atoms with van der Waals surface area (Å²) in [5.41, 5.74) is 6.41. The van der Waals surface area contributed by atoms with Gasteiger partial charge in [0.25, 0.3) is 0 Å². The first-order valence-corrected chi connectivity index (χ1v) is 7.44. The minimum atomic E-state index is -0.253. The molecule has 112 valence electrons. The fraction of sp³-hybridized carbons (Fsp3) is 0.500. The van der Waals surface area contributed by atoms with E-state index < -0.39 is 0 Å². The summed E-state index contributed by atoms with van der Waals surface area (Å²) < 4.78 is 5.69. The first kappa shape index (κ1) is 13.9. The van der Waals surface area contributed by atoms with Crippen molar-refractivity contribution in [1.82, 2.24) is 4.90 Å². The number of carbonyl (C=O) groups excluding carboxylic acids is 2. The van der Waals surface area contributed by atoms with Crippen molar-refractivity contribution in [2.45, 2.75) is 19.3 Å². The summed E-state index contributed by atoms with van der Waals surface area (Å²) >= 11 is 0. The molecule has 1 saturated heterocycles. The van der Waals surface area contributed by atoms with E-state index in [9.17, 15) is 9.59 Å². The van der Waals surface area contributed by atoms with Gasteiger partial charge in [-0.25, -0.2) is 0 Å². The average molecular weight is 288 g/mol. The molecule has 1 aromatic carbocycles. The van der Waals surface area contributed by atoms with E-state index >= 15 is 0 Å². The molecule has 2 N–H and O–H groups in total. The molecule has 1 atom stereocenters. The van der Waals surface area contributed by atoms with Gasteiger partial charge in [-0.3, -0.25) is 9.59 Å². The minimum Gasteiger partial charge on any atom is -0.492 e. The molecule has 0 aliphatic carbocycles. The van der Waals surface area contributed by atoms with E-state index in [1.54, 1.807) is 0 Å². The predicted molar refractivity (Wildman–Crippen MR) is 77.6 cm³/mol. The first-order chi connectivity index (χ1) is 10.1. The Balaban J connectivity index is 1.61. The van der Waals surface area contributed by atoms with Gasteiger partial charge in [0.1, 0.15) is 12.4 Å². The number of hydrogen-bond acceptors (Lipinski definition) is 3. The van der Waals surface area contributed by atoms with Gasteiger partial charge in [0, 0.05) is 19.0 Å². The highest BCUT2D eigenvalue weighted by atomic mass is 16.5. The highest BCUT2D eigenvalue weighted by molar-refractivity contribution is 5.81. The maximum atomic E-state index is 12.6. The molecule has 1 aromatic rings. The second-order valence-electron chi connectivity index (χ2n) is 5.82. The van der Waals surface area contributed by atoms with Crippen molar-refractivity contribution < 1.29 is 14.3 Å². The molecule has 0 radical (unpaired) electrons. The Morgan fingerprint density at radius 2 is 1.86 bits per heavy atom. The topological polar surface area (TPSA) is 72.6 Å². The van der Waals surface area contributed by atoms with Crippen molar-refractivity contribution in [3.63, 3.8) is 0 Å². The van der Waals surface area contributed by atoms with Crippen molar-refractivity contribution in [2.24, 2.45) is 17.6 Å². The lowest BCUT2D eigenvalue weighted by molar-refractivity contribution is -0.139. The molecule has 2 heterocycles. The highest BCUT2D eigenvalue weighted by Gasteiger charge is 2.32. The molecule has 2 amide bonds. The number of fused-ring (bicyclic) bond motifs is 1. The number of nitrogens with two attached hydrogens (primary N) is 1. The monoisotopic (exact) mass is 288 g/mol. The molecule has 3 rings (SSSR count). The van der Waals surface area contributed by atoms with Crippen LogP contribution >= 0.6 is 0 Å². The number of para-hydroxylation sites is 1. The van der Waals surface area contributed by atoms with Gasteiger partial charge in [-0.15, -0.1) is 0 Å². The predicted octanol–water partition coefficient (Wildman–Crippen LogP) is 0.962. The zero-order chi connectivity index (χ0) is 14.8. The Bertz CT molecular complexity index is 550. The molecule has 0 saturated carbocycles. The van der Waals surface area contributed by atoms with Crippen molar-refractivity contribution in [1.29, 1.82) is 0 Å². The number of hydrogen-bond donors (Lipinski definition) is 1. The molecule has 1 fully saturated rings. The lowest BCUT2D eigenvalue weighted by Gasteiger charge is -2.34. The maximum Gasteiger partial charge on any atom is 0.229 e. The molecule has 5 heteroatoms. The van der Waals surface area contributed by atoms with Crippen LogP contribution in [-0.2, 0) is 16.0 Å². The smallest absolute Gasteiger partial charge is 0.229 e. The molecule has 2 aliphatic rings. The zero-order valence-corrected chi connectivity index (χ0v) is 12.0. The molecular formula is C16H20N2O3. The van der Waals surface area contributed by atoms with Crippen LogP contribution in [-0.4, -0.2) is 36.4 Å². The third kappa shape index (κ3) is 2.86. The van der Waals surface area contributed by atoms with Crippen molar-refractivity contribution in [3.8, 4) is 5.75 Å². The van der Waals surface area contributed by atoms with E-state index in [-0.39, 0.29) is 23.7 Å². The summed E-state index contributed by atoms with van der Waals surface area (Å²) in [6, 6.07) is 7.85. The van der Waals surface area contributed by atoms with Crippen LogP contribution in [0.1, 0.15) is 18.4 Å². The number of ether oxygens (including phenoxy) is 1. The molecule has 0 bridgehead atoms. The third-order valence-corrected chi connectivity index (χ3v) is 4.44. The van der Waals surface area contributed by atoms with Gasteiger partial charge in [-0.1, -0.05) is 18.2 Å². The Kier molecular flexibility index (Phi) is 3.82. The van der Waals surface area contributed by atoms with E-state index in [1.807, 2.05) is 29.2 Å². The summed E-state index contributed by atoms with van der Waals surface area (Å²) in [5, 5.41) is 0. The van der Waals surface area contributed by atoms with Gasteiger partial charge in [0.15, 0.2) is 0 Å². The zero-order valence-electron chi connectivity index (χ0n) is 12.0. The molecule has 0 aromatic heterocycles. The number of amides is 2. The van der Waals surface area contributed by atoms with Gasteiger partial charge in [-0.2, -0.15) is 0 Å². The second-order valence-corrected chi connectivity index (χ2v) is 5.82. The SMILES string of the molecule is NC(=O)C1CCN(C(=O)C2COc3ccccc3C2)CC1. The summed E-state index contributed by atoms with van der Waals surface area (Å²) in [6.45, 7) is 1.67. The Hall–Kier alpha value is -2.04. The number of likely N-dealkylation sites (tertiary alicyclic amines) is 1. The maximum absolute atomic E-state index is 12.6. The van der Waals surface area contributed by atoms with Gasteiger partial charge < -0.3 is 15.4 Å². The Morgan fingerprint density at radius 1 is 1.14 bits per heavy atom. The van der Waals surface area contributed by atoms with Crippen LogP contribution in [0, 0.1) is 11.8 Å². The van der Waals surface area contributed by atoms with Gasteiger partial charge in [0.2, 0.25) is 11.8 Å². The van der Waals surface area contributed by atoms with Crippen LogP contribution in [0.3, 0.4) is 0 Å². The Morgan fingerprint density at radius 3 is 2.57 bits per heavy atom. The summed E-state index contributed by atoms with van der Waals surface area (Å²) in [4.78, 5) is 25.6. The average Bonchev–Trinajstić information content (AvgIpc) is 2.54. The van der Waals surface area contributed by atoms with Crippen LogP contribution in [0.4, 0.5) is 0 Å². The second kappa shape index (κ2) is 5.76. The van der Waals surface area contributed by atoms with E-state index in [2.05, 4.69) is 0 Å². The third-order valence-electron chi connectivity index (χ3n) is 4.44. The first-order valence-electron chi connectivity index (χ1n) is 7.44. The highest BCUT2D eigenvalue weighted by Crippen LogP contribution is 2.28. The van der Waals surface area contributed by atoms with Gasteiger partial charge in [-0.05, 0) is 30.9 Å². The minimum absolute atomic E-state index is 0.0858. The van der Waals surface area contributed by atoms with Gasteiger partial charge >= 0.3 is 0 Å². The van der Waals surface area contributed by atoms with Crippen LogP contribution in [0.5, 0.6) is 5.75 Å². The van der Waals surface area contributed by atoms with E-state index in [0.717, 1.165) is 17.7 Å². The number of rotatable bonds is 2. The van der Waals surface area contributed by atoms with Crippen molar-refractivity contribution >= 4 is 11.8 Å². The Labute approximate surface area is 124 Å². The van der Waals surface area contributed by atoms with Crippen LogP contribution < -0.4 is 10.5 Å². The summed E-state index contributed by atoms with van der Waals surface area (Å²) in [7, 11) is 0. The number of piperidine rings is 1. The quantitative estimate of drug-likeness (QED) is 0.881. The van der Waals surface area contributed by atoms with Crippen LogP contribution in [0.15, 0.2) is 24.3 Å². The van der Waals surface area contributed by atoms with E-state index in [0.29, 0.717) is 32.5 Å². The van der Waals surface area contributed by atoms with Crippen molar-refractivity contribution in [3.05, 3.63) is 29.8 Å². The lowest BCUT2D eigenvalue weighted by atomic mass is 9.92. The van der Waals surface area contributed by atoms with Crippen LogP contribution in [0.25, 0.3) is 0 Å². The van der Waals surface area contributed by atoms with Crippen LogP contribution in [0.2, 0.25) is 0 Å². The number of primary amides is 1. The molecule has 0 spiro atoms. The summed E-state index contributed by atoms with van der Waals surface area (Å²) in [5.74, 6) is 0.556. The number of carbonyl (C=O) groups is 2. The van der Waals surface area contributed by atoms with Gasteiger partial charge in [0.05, 0.1) is 5.92 Å². The summed E-state index contributed by atoms with van der Waals surface area (Å²) in [6.07, 6.45) is 2.07. The fourth-order valence-electron chi connectivity index (χ4n) is 3.13. The van der Waals surface area contributed by atoms with E-state index in [1.165, 1.54) is 0 Å². The molecule has 1 unspecified atom stereocenters. The van der Waals surface area contributed by atoms with E-state index in [4.69, 9.17) is 10.5 Å². The fourth-order valence-corrected chi connectivity index (χ4v) is 3.13. The normalized spacial score (nSPS) is 22.3. The number of benzene rings is 1.